The molecule has 8 heteroatoms. The quantitative estimate of drug-likeness (QED) is 0.825. The number of sulfone groups is 1. The predicted octanol–water partition coefficient (Wildman–Crippen LogP) is 2.70. The van der Waals surface area contributed by atoms with Crippen molar-refractivity contribution < 1.29 is 16.8 Å². The number of sulfonamides is 1. The van der Waals surface area contributed by atoms with Crippen LogP contribution in [0.2, 0.25) is 5.02 Å². The summed E-state index contributed by atoms with van der Waals surface area (Å²) in [5.74, 6) is 0. The zero-order valence-electron chi connectivity index (χ0n) is 12.5. The average Bonchev–Trinajstić information content (AvgIpc) is 2.36. The van der Waals surface area contributed by atoms with Crippen LogP contribution in [0.25, 0.3) is 0 Å². The highest BCUT2D eigenvalue weighted by atomic mass is 35.5. The van der Waals surface area contributed by atoms with Gasteiger partial charge < -0.3 is 0 Å². The second-order valence-electron chi connectivity index (χ2n) is 5.54. The van der Waals surface area contributed by atoms with E-state index in [4.69, 9.17) is 11.6 Å². The van der Waals surface area contributed by atoms with E-state index in [0.29, 0.717) is 13.1 Å². The molecule has 0 radical (unpaired) electrons. The Hall–Kier alpha value is -0.630. The van der Waals surface area contributed by atoms with Crippen molar-refractivity contribution in [1.29, 1.82) is 0 Å². The van der Waals surface area contributed by atoms with Crippen LogP contribution >= 0.6 is 11.6 Å². The summed E-state index contributed by atoms with van der Waals surface area (Å²) in [5.41, 5.74) is 0. The van der Waals surface area contributed by atoms with Crippen molar-refractivity contribution in [1.82, 2.24) is 4.31 Å². The first-order chi connectivity index (χ1) is 10.2. The SMILES string of the molecule is CS(=O)(=O)c1ccc(Cl)c(S(=O)(=O)N2CCCCCCC2)c1. The highest BCUT2D eigenvalue weighted by Gasteiger charge is 2.28. The summed E-state index contributed by atoms with van der Waals surface area (Å²) in [6.45, 7) is 0.892. The smallest absolute Gasteiger partial charge is 0.224 e. The number of halogens is 1. The molecule has 5 nitrogen and oxygen atoms in total. The molecule has 124 valence electrons. The standard InChI is InChI=1S/C14H20ClNO4S2/c1-21(17,18)12-7-8-13(15)14(11-12)22(19,20)16-9-5-3-2-4-6-10-16/h7-8,11H,2-6,9-10H2,1H3. The molecule has 1 aromatic rings. The van der Waals surface area contributed by atoms with Gasteiger partial charge in [0, 0.05) is 19.3 Å². The van der Waals surface area contributed by atoms with Gasteiger partial charge in [-0.1, -0.05) is 30.9 Å². The van der Waals surface area contributed by atoms with Crippen LogP contribution in [-0.4, -0.2) is 40.5 Å². The van der Waals surface area contributed by atoms with Crippen LogP contribution in [0.3, 0.4) is 0 Å². The molecule has 0 saturated carbocycles. The second kappa shape index (κ2) is 6.86. The van der Waals surface area contributed by atoms with Gasteiger partial charge in [-0.3, -0.25) is 0 Å². The molecule has 1 saturated heterocycles. The van der Waals surface area contributed by atoms with Crippen molar-refractivity contribution >= 4 is 31.5 Å². The number of hydrogen-bond acceptors (Lipinski definition) is 4. The fourth-order valence-corrected chi connectivity index (χ4v) is 5.25. The Morgan fingerprint density at radius 1 is 0.955 bits per heavy atom. The van der Waals surface area contributed by atoms with Crippen LogP contribution in [0.1, 0.15) is 32.1 Å². The third-order valence-electron chi connectivity index (χ3n) is 3.76. The first-order valence-electron chi connectivity index (χ1n) is 7.23. The third kappa shape index (κ3) is 4.01. The molecule has 1 fully saturated rings. The first kappa shape index (κ1) is 17.7. The summed E-state index contributed by atoms with van der Waals surface area (Å²) in [7, 11) is -7.27. The van der Waals surface area contributed by atoms with Gasteiger partial charge in [-0.2, -0.15) is 4.31 Å². The van der Waals surface area contributed by atoms with Crippen molar-refractivity contribution in [2.24, 2.45) is 0 Å². The Bertz CT molecular complexity index is 736. The fraction of sp³-hybridized carbons (Fsp3) is 0.571. The van der Waals surface area contributed by atoms with Gasteiger partial charge in [0.05, 0.1) is 9.92 Å². The summed E-state index contributed by atoms with van der Waals surface area (Å²) in [6, 6.07) is 3.81. The molecular weight excluding hydrogens is 346 g/mol. The van der Waals surface area contributed by atoms with Crippen LogP contribution in [0.4, 0.5) is 0 Å². The zero-order chi connectivity index (χ0) is 16.4. The Morgan fingerprint density at radius 2 is 1.50 bits per heavy atom. The van der Waals surface area contributed by atoms with Crippen molar-refractivity contribution in [3.63, 3.8) is 0 Å². The number of hydrogen-bond donors (Lipinski definition) is 0. The molecule has 1 aliphatic rings. The molecular formula is C14H20ClNO4S2. The van der Waals surface area contributed by atoms with E-state index in [9.17, 15) is 16.8 Å². The van der Waals surface area contributed by atoms with E-state index in [-0.39, 0.29) is 14.8 Å². The first-order valence-corrected chi connectivity index (χ1v) is 10.9. The molecule has 2 rings (SSSR count). The van der Waals surface area contributed by atoms with E-state index in [1.807, 2.05) is 0 Å². The maximum atomic E-state index is 12.8. The molecule has 0 spiro atoms. The minimum Gasteiger partial charge on any atom is -0.224 e. The summed E-state index contributed by atoms with van der Waals surface area (Å²) < 4.78 is 50.3. The van der Waals surface area contributed by atoms with Crippen molar-refractivity contribution in [2.45, 2.75) is 41.9 Å². The van der Waals surface area contributed by atoms with Crippen LogP contribution in [0.5, 0.6) is 0 Å². The van der Waals surface area contributed by atoms with Gasteiger partial charge in [-0.25, -0.2) is 16.8 Å². The molecule has 0 amide bonds. The molecule has 0 N–H and O–H groups in total. The Balaban J connectivity index is 2.43. The molecule has 1 aliphatic heterocycles. The van der Waals surface area contributed by atoms with Gasteiger partial charge in [-0.05, 0) is 31.0 Å². The summed E-state index contributed by atoms with van der Waals surface area (Å²) in [6.07, 6.45) is 5.79. The lowest BCUT2D eigenvalue weighted by Gasteiger charge is -2.24. The fourth-order valence-electron chi connectivity index (χ4n) is 2.51. The third-order valence-corrected chi connectivity index (χ3v) is 7.25. The molecule has 0 unspecified atom stereocenters. The largest absolute Gasteiger partial charge is 0.244 e. The van der Waals surface area contributed by atoms with Crippen LogP contribution in [0.15, 0.2) is 28.0 Å². The Kier molecular flexibility index (Phi) is 5.53. The predicted molar refractivity (Wildman–Crippen MR) is 86.4 cm³/mol. The number of nitrogens with zero attached hydrogens (tertiary/aromatic N) is 1. The lowest BCUT2D eigenvalue weighted by molar-refractivity contribution is 0.364. The monoisotopic (exact) mass is 365 g/mol. The molecule has 0 aromatic heterocycles. The van der Waals surface area contributed by atoms with E-state index < -0.39 is 19.9 Å². The topological polar surface area (TPSA) is 71.5 Å². The lowest BCUT2D eigenvalue weighted by atomic mass is 10.1. The lowest BCUT2D eigenvalue weighted by Crippen LogP contribution is -2.34. The van der Waals surface area contributed by atoms with E-state index in [1.54, 1.807) is 0 Å². The second-order valence-corrected chi connectivity index (χ2v) is 9.87. The number of rotatable bonds is 3. The minimum atomic E-state index is -3.78. The van der Waals surface area contributed by atoms with E-state index in [1.165, 1.54) is 16.4 Å². The molecule has 0 atom stereocenters. The zero-order valence-corrected chi connectivity index (χ0v) is 14.8. The highest BCUT2D eigenvalue weighted by molar-refractivity contribution is 7.91. The molecule has 0 bridgehead atoms. The maximum absolute atomic E-state index is 12.8. The molecule has 1 aromatic carbocycles. The van der Waals surface area contributed by atoms with Gasteiger partial charge >= 0.3 is 0 Å². The van der Waals surface area contributed by atoms with Gasteiger partial charge in [0.2, 0.25) is 10.0 Å². The Labute approximate surface area is 137 Å². The molecule has 0 aliphatic carbocycles. The maximum Gasteiger partial charge on any atom is 0.244 e. The summed E-state index contributed by atoms with van der Waals surface area (Å²) in [4.78, 5) is -0.166. The normalized spacial score (nSPS) is 18.6. The van der Waals surface area contributed by atoms with Gasteiger partial charge in [-0.15, -0.1) is 0 Å². The van der Waals surface area contributed by atoms with Crippen molar-refractivity contribution in [2.75, 3.05) is 19.3 Å². The van der Waals surface area contributed by atoms with Crippen LogP contribution < -0.4 is 0 Å². The van der Waals surface area contributed by atoms with Crippen LogP contribution in [0, 0.1) is 0 Å². The molecule has 1 heterocycles. The molecule has 22 heavy (non-hydrogen) atoms. The van der Waals surface area contributed by atoms with E-state index >= 15 is 0 Å². The average molecular weight is 366 g/mol. The Morgan fingerprint density at radius 3 is 2.05 bits per heavy atom. The van der Waals surface area contributed by atoms with Gasteiger partial charge in [0.1, 0.15) is 4.90 Å². The van der Waals surface area contributed by atoms with E-state index in [0.717, 1.165) is 44.4 Å². The van der Waals surface area contributed by atoms with E-state index in [2.05, 4.69) is 0 Å². The number of benzene rings is 1. The minimum absolute atomic E-state index is 0.0393. The van der Waals surface area contributed by atoms with Crippen molar-refractivity contribution in [3.8, 4) is 0 Å². The van der Waals surface area contributed by atoms with Crippen LogP contribution in [-0.2, 0) is 19.9 Å². The van der Waals surface area contributed by atoms with Gasteiger partial charge in [0.25, 0.3) is 0 Å². The van der Waals surface area contributed by atoms with Gasteiger partial charge in [0.15, 0.2) is 9.84 Å². The summed E-state index contributed by atoms with van der Waals surface area (Å²) in [5, 5.41) is 0.0504. The highest BCUT2D eigenvalue weighted by Crippen LogP contribution is 2.28. The van der Waals surface area contributed by atoms with Crippen molar-refractivity contribution in [3.05, 3.63) is 23.2 Å². The summed E-state index contributed by atoms with van der Waals surface area (Å²) >= 11 is 6.02.